The Kier molecular flexibility index (Phi) is 6.49. The van der Waals surface area contributed by atoms with Crippen molar-refractivity contribution in [1.82, 2.24) is 0 Å². The number of hydrogen-bond acceptors (Lipinski definition) is 2. The van der Waals surface area contributed by atoms with E-state index in [0.717, 1.165) is 21.4 Å². The number of rotatable bonds is 1. The zero-order valence-corrected chi connectivity index (χ0v) is 18.5. The van der Waals surface area contributed by atoms with Crippen LogP contribution in [0.1, 0.15) is 73.4 Å². The summed E-state index contributed by atoms with van der Waals surface area (Å²) in [6, 6.07) is 4.30. The van der Waals surface area contributed by atoms with E-state index in [0.29, 0.717) is 0 Å². The van der Waals surface area contributed by atoms with E-state index in [4.69, 9.17) is 16.6 Å². The normalized spacial score (nSPS) is 14.0. The Morgan fingerprint density at radius 2 is 1.42 bits per heavy atom. The van der Waals surface area contributed by atoms with E-state index in [2.05, 4.69) is 86.0 Å². The zero-order chi connectivity index (χ0) is 18.9. The highest BCUT2D eigenvalue weighted by Crippen LogP contribution is 2.39. The van der Waals surface area contributed by atoms with E-state index in [9.17, 15) is 0 Å². The van der Waals surface area contributed by atoms with Crippen molar-refractivity contribution >= 4 is 34.2 Å². The molecule has 136 valence electrons. The van der Waals surface area contributed by atoms with Crippen molar-refractivity contribution < 1.29 is 0 Å². The lowest BCUT2D eigenvalue weighted by Gasteiger charge is -2.29. The first kappa shape index (κ1) is 21.4. The van der Waals surface area contributed by atoms with Crippen LogP contribution in [0, 0.1) is 0 Å². The Morgan fingerprint density at radius 3 is 1.79 bits per heavy atom. The summed E-state index contributed by atoms with van der Waals surface area (Å²) in [5, 5.41) is 5.31. The van der Waals surface area contributed by atoms with Gasteiger partial charge in [-0.15, -0.1) is 0 Å². The summed E-state index contributed by atoms with van der Waals surface area (Å²) in [6.07, 6.45) is 2.05. The highest BCUT2D eigenvalue weighted by Gasteiger charge is 2.25. The second-order valence-corrected chi connectivity index (χ2v) is 10.5. The van der Waals surface area contributed by atoms with E-state index >= 15 is 0 Å². The van der Waals surface area contributed by atoms with Gasteiger partial charge in [0.05, 0.1) is 5.54 Å². The van der Waals surface area contributed by atoms with Crippen molar-refractivity contribution in [3.05, 3.63) is 28.3 Å². The average molecular weight is 369 g/mol. The standard InChI is InChI=1S/C20H33ClN2S/c1-18(2,3)13-12-16(14(11-15(13)21)19(4,5)6)22-17(24-10)23-20(7,8)9/h11-12H,1-10H3,(H,22,23). The fourth-order valence-corrected chi connectivity index (χ4v) is 3.44. The van der Waals surface area contributed by atoms with Crippen LogP contribution in [0.3, 0.4) is 0 Å². The number of nitrogens with one attached hydrogen (secondary N) is 1. The number of aliphatic imine (C=N–C) groups is 1. The van der Waals surface area contributed by atoms with Crippen molar-refractivity contribution in [2.75, 3.05) is 11.6 Å². The predicted molar refractivity (Wildman–Crippen MR) is 113 cm³/mol. The molecule has 0 unspecified atom stereocenters. The van der Waals surface area contributed by atoms with Gasteiger partial charge in [-0.25, -0.2) is 0 Å². The monoisotopic (exact) mass is 368 g/mol. The first-order valence-corrected chi connectivity index (χ1v) is 10.0. The van der Waals surface area contributed by atoms with Gasteiger partial charge in [0, 0.05) is 10.7 Å². The molecule has 1 aromatic carbocycles. The Hall–Kier alpha value is -0.670. The summed E-state index contributed by atoms with van der Waals surface area (Å²) < 4.78 is 0. The van der Waals surface area contributed by atoms with Crippen LogP contribution in [0.2, 0.25) is 5.02 Å². The van der Waals surface area contributed by atoms with Gasteiger partial charge in [0.1, 0.15) is 0 Å². The van der Waals surface area contributed by atoms with Crippen LogP contribution >= 0.6 is 23.4 Å². The molecule has 1 rings (SSSR count). The van der Waals surface area contributed by atoms with Crippen molar-refractivity contribution in [3.8, 4) is 0 Å². The van der Waals surface area contributed by atoms with Crippen LogP contribution < -0.4 is 5.32 Å². The largest absolute Gasteiger partial charge is 0.335 e. The molecule has 0 heterocycles. The maximum atomic E-state index is 6.61. The van der Waals surface area contributed by atoms with Gasteiger partial charge in [-0.1, -0.05) is 64.9 Å². The number of nitrogens with zero attached hydrogens (tertiary/aromatic N) is 1. The van der Waals surface area contributed by atoms with Crippen LogP contribution in [-0.2, 0) is 10.8 Å². The third kappa shape index (κ3) is 6.00. The van der Waals surface area contributed by atoms with Gasteiger partial charge in [0.15, 0.2) is 5.17 Å². The Balaban J connectivity index is 3.51. The quantitative estimate of drug-likeness (QED) is 0.432. The lowest BCUT2D eigenvalue weighted by molar-refractivity contribution is 0.578. The molecule has 1 aromatic rings. The van der Waals surface area contributed by atoms with Crippen LogP contribution in [0.25, 0.3) is 0 Å². The minimum absolute atomic E-state index is 0.00631. The van der Waals surface area contributed by atoms with Gasteiger partial charge < -0.3 is 5.32 Å². The first-order chi connectivity index (χ1) is 10.6. The molecule has 0 aromatic heterocycles. The number of anilines is 1. The van der Waals surface area contributed by atoms with Gasteiger partial charge in [-0.05, 0) is 61.1 Å². The second-order valence-electron chi connectivity index (χ2n) is 9.29. The summed E-state index contributed by atoms with van der Waals surface area (Å²) in [7, 11) is 0. The molecule has 0 bridgehead atoms. The molecule has 0 aliphatic heterocycles. The molecular formula is C20H33ClN2S. The fourth-order valence-electron chi connectivity index (χ4n) is 2.42. The smallest absolute Gasteiger partial charge is 0.161 e. The molecule has 1 N–H and O–H groups in total. The molecule has 2 nitrogen and oxygen atoms in total. The van der Waals surface area contributed by atoms with Gasteiger partial charge >= 0.3 is 0 Å². The first-order valence-electron chi connectivity index (χ1n) is 8.40. The molecule has 0 amide bonds. The third-order valence-corrected chi connectivity index (χ3v) is 4.49. The van der Waals surface area contributed by atoms with E-state index in [-0.39, 0.29) is 16.4 Å². The summed E-state index contributed by atoms with van der Waals surface area (Å²) in [5.41, 5.74) is 3.31. The molecule has 0 aliphatic carbocycles. The second kappa shape index (κ2) is 7.29. The van der Waals surface area contributed by atoms with Crippen molar-refractivity contribution in [2.24, 2.45) is 4.99 Å². The topological polar surface area (TPSA) is 24.4 Å². The molecule has 0 radical (unpaired) electrons. The molecule has 24 heavy (non-hydrogen) atoms. The number of halogens is 1. The number of thioether (sulfide) groups is 1. The average Bonchev–Trinajstić information content (AvgIpc) is 2.35. The van der Waals surface area contributed by atoms with Crippen LogP contribution in [0.15, 0.2) is 17.1 Å². The van der Waals surface area contributed by atoms with Gasteiger partial charge in [0.2, 0.25) is 0 Å². The lowest BCUT2D eigenvalue weighted by atomic mass is 9.81. The van der Waals surface area contributed by atoms with Crippen LogP contribution in [0.5, 0.6) is 0 Å². The maximum absolute atomic E-state index is 6.61. The van der Waals surface area contributed by atoms with Crippen molar-refractivity contribution in [2.45, 2.75) is 78.7 Å². The number of amidine groups is 1. The third-order valence-electron chi connectivity index (χ3n) is 3.60. The summed E-state index contributed by atoms with van der Waals surface area (Å²) in [5.74, 6) is 0. The zero-order valence-electron chi connectivity index (χ0n) is 16.9. The summed E-state index contributed by atoms with van der Waals surface area (Å²) in [6.45, 7) is 19.5. The SMILES string of the molecule is CSC(=NC(C)(C)C)Nc1cc(C(C)(C)C)c(Cl)cc1C(C)(C)C. The molecular weight excluding hydrogens is 336 g/mol. The summed E-state index contributed by atoms with van der Waals surface area (Å²) in [4.78, 5) is 4.80. The summed E-state index contributed by atoms with van der Waals surface area (Å²) >= 11 is 8.24. The number of hydrogen-bond donors (Lipinski definition) is 1. The molecule has 0 atom stereocenters. The molecule has 0 fully saturated rings. The minimum atomic E-state index is -0.119. The molecule has 4 heteroatoms. The van der Waals surface area contributed by atoms with Crippen molar-refractivity contribution in [1.29, 1.82) is 0 Å². The van der Waals surface area contributed by atoms with Crippen molar-refractivity contribution in [3.63, 3.8) is 0 Å². The Bertz CT molecular complexity index is 614. The van der Waals surface area contributed by atoms with E-state index in [1.165, 1.54) is 5.56 Å². The van der Waals surface area contributed by atoms with E-state index in [1.54, 1.807) is 11.8 Å². The van der Waals surface area contributed by atoms with E-state index < -0.39 is 0 Å². The highest BCUT2D eigenvalue weighted by molar-refractivity contribution is 8.13. The van der Waals surface area contributed by atoms with E-state index in [1.807, 2.05) is 0 Å². The number of benzene rings is 1. The molecule has 0 spiro atoms. The molecule has 0 aliphatic rings. The Morgan fingerprint density at radius 1 is 0.917 bits per heavy atom. The van der Waals surface area contributed by atoms with Crippen LogP contribution in [0.4, 0.5) is 5.69 Å². The van der Waals surface area contributed by atoms with Gasteiger partial charge in [0.25, 0.3) is 0 Å². The Labute approximate surface area is 157 Å². The predicted octanol–water partition coefficient (Wildman–Crippen LogP) is 6.86. The fraction of sp³-hybridized carbons (Fsp3) is 0.650. The highest BCUT2D eigenvalue weighted by atomic mass is 35.5. The van der Waals surface area contributed by atoms with Gasteiger partial charge in [-0.3, -0.25) is 4.99 Å². The molecule has 0 saturated carbocycles. The maximum Gasteiger partial charge on any atom is 0.161 e. The molecule has 0 saturated heterocycles. The minimum Gasteiger partial charge on any atom is -0.335 e. The lowest BCUT2D eigenvalue weighted by Crippen LogP contribution is -2.22. The van der Waals surface area contributed by atoms with Crippen LogP contribution in [-0.4, -0.2) is 17.0 Å². The van der Waals surface area contributed by atoms with Gasteiger partial charge in [-0.2, -0.15) is 0 Å².